The van der Waals surface area contributed by atoms with Gasteiger partial charge in [-0.1, -0.05) is 35.7 Å². The van der Waals surface area contributed by atoms with E-state index in [2.05, 4.69) is 5.32 Å². The van der Waals surface area contributed by atoms with E-state index in [1.54, 1.807) is 0 Å². The maximum atomic E-state index is 9.20. The smallest absolute Gasteiger partial charge is 0.0595 e. The first-order valence-electron chi connectivity index (χ1n) is 6.47. The van der Waals surface area contributed by atoms with E-state index in [0.29, 0.717) is 28.6 Å². The van der Waals surface area contributed by atoms with Gasteiger partial charge in [-0.2, -0.15) is 0 Å². The molecule has 0 spiro atoms. The van der Waals surface area contributed by atoms with E-state index in [1.807, 2.05) is 18.2 Å². The predicted octanol–water partition coefficient (Wildman–Crippen LogP) is 3.63. The summed E-state index contributed by atoms with van der Waals surface area (Å²) in [6.45, 7) is 1.12. The van der Waals surface area contributed by atoms with Gasteiger partial charge in [-0.15, -0.1) is 0 Å². The average Bonchev–Trinajstić information content (AvgIpc) is 2.40. The molecule has 1 fully saturated rings. The molecular weight excluding hydrogens is 269 g/mol. The highest BCUT2D eigenvalue weighted by Crippen LogP contribution is 2.25. The van der Waals surface area contributed by atoms with Gasteiger partial charge < -0.3 is 10.4 Å². The van der Waals surface area contributed by atoms with Gasteiger partial charge >= 0.3 is 0 Å². The highest BCUT2D eigenvalue weighted by atomic mass is 35.5. The van der Waals surface area contributed by atoms with Crippen molar-refractivity contribution in [3.05, 3.63) is 33.8 Å². The van der Waals surface area contributed by atoms with Crippen molar-refractivity contribution in [3.8, 4) is 0 Å². The van der Waals surface area contributed by atoms with E-state index in [-0.39, 0.29) is 0 Å². The first-order chi connectivity index (χ1) is 8.69. The lowest BCUT2D eigenvalue weighted by atomic mass is 9.86. The molecule has 0 saturated heterocycles. The Morgan fingerprint density at radius 1 is 1.22 bits per heavy atom. The van der Waals surface area contributed by atoms with Gasteiger partial charge in [-0.3, -0.25) is 0 Å². The second-order valence-electron chi connectivity index (χ2n) is 5.04. The minimum atomic E-state index is 0.310. The van der Waals surface area contributed by atoms with Crippen LogP contribution in [0.3, 0.4) is 0 Å². The Morgan fingerprint density at radius 3 is 2.78 bits per heavy atom. The van der Waals surface area contributed by atoms with E-state index >= 15 is 0 Å². The second-order valence-corrected chi connectivity index (χ2v) is 5.86. The standard InChI is InChI=1S/C14H19Cl2NO/c15-13-5-4-10(7-14(13)16)8-17-12-3-1-2-11(6-12)9-18/h4-5,7,11-12,17-18H,1-3,6,8-9H2. The van der Waals surface area contributed by atoms with Crippen LogP contribution in [0.5, 0.6) is 0 Å². The SMILES string of the molecule is OCC1CCCC(NCc2ccc(Cl)c(Cl)c2)C1. The van der Waals surface area contributed by atoms with Gasteiger partial charge in [0.05, 0.1) is 10.0 Å². The van der Waals surface area contributed by atoms with Crippen molar-refractivity contribution in [1.29, 1.82) is 0 Å². The third kappa shape index (κ3) is 3.86. The largest absolute Gasteiger partial charge is 0.396 e. The van der Waals surface area contributed by atoms with Crippen molar-refractivity contribution >= 4 is 23.2 Å². The van der Waals surface area contributed by atoms with Crippen LogP contribution in [0.4, 0.5) is 0 Å². The molecule has 100 valence electrons. The van der Waals surface area contributed by atoms with Gasteiger partial charge in [0.25, 0.3) is 0 Å². The summed E-state index contributed by atoms with van der Waals surface area (Å²) in [5, 5.41) is 13.9. The summed E-state index contributed by atoms with van der Waals surface area (Å²) < 4.78 is 0. The van der Waals surface area contributed by atoms with Gasteiger partial charge in [-0.25, -0.2) is 0 Å². The summed E-state index contributed by atoms with van der Waals surface area (Å²) in [5.41, 5.74) is 1.15. The minimum Gasteiger partial charge on any atom is -0.396 e. The number of hydrogen-bond acceptors (Lipinski definition) is 2. The molecule has 0 radical (unpaired) electrons. The van der Waals surface area contributed by atoms with Crippen LogP contribution < -0.4 is 5.32 Å². The molecule has 1 aromatic carbocycles. The monoisotopic (exact) mass is 287 g/mol. The molecule has 1 aromatic rings. The molecule has 0 heterocycles. The van der Waals surface area contributed by atoms with Crippen LogP contribution in [0.15, 0.2) is 18.2 Å². The summed E-state index contributed by atoms with van der Waals surface area (Å²) in [6, 6.07) is 6.24. The second kappa shape index (κ2) is 6.76. The molecule has 0 amide bonds. The number of hydrogen-bond donors (Lipinski definition) is 2. The summed E-state index contributed by atoms with van der Waals surface area (Å²) in [7, 11) is 0. The van der Waals surface area contributed by atoms with Crippen molar-refractivity contribution in [1.82, 2.24) is 5.32 Å². The maximum Gasteiger partial charge on any atom is 0.0595 e. The van der Waals surface area contributed by atoms with Gasteiger partial charge in [-0.05, 0) is 42.9 Å². The molecule has 2 atom stereocenters. The van der Waals surface area contributed by atoms with E-state index < -0.39 is 0 Å². The Hall–Kier alpha value is -0.280. The topological polar surface area (TPSA) is 32.3 Å². The third-order valence-electron chi connectivity index (χ3n) is 3.62. The zero-order chi connectivity index (χ0) is 13.0. The fourth-order valence-corrected chi connectivity index (χ4v) is 2.87. The lowest BCUT2D eigenvalue weighted by Gasteiger charge is -2.28. The number of nitrogens with one attached hydrogen (secondary N) is 1. The molecule has 2 nitrogen and oxygen atoms in total. The molecule has 18 heavy (non-hydrogen) atoms. The fourth-order valence-electron chi connectivity index (χ4n) is 2.55. The van der Waals surface area contributed by atoms with Crippen LogP contribution >= 0.6 is 23.2 Å². The van der Waals surface area contributed by atoms with Crippen molar-refractivity contribution in [2.45, 2.75) is 38.3 Å². The normalized spacial score (nSPS) is 24.2. The first-order valence-corrected chi connectivity index (χ1v) is 7.23. The van der Waals surface area contributed by atoms with Crippen LogP contribution in [0.25, 0.3) is 0 Å². The minimum absolute atomic E-state index is 0.310. The van der Waals surface area contributed by atoms with Crippen LogP contribution in [-0.4, -0.2) is 17.8 Å². The van der Waals surface area contributed by atoms with Gasteiger partial charge in [0, 0.05) is 19.2 Å². The maximum absolute atomic E-state index is 9.20. The molecule has 1 aliphatic carbocycles. The molecule has 1 saturated carbocycles. The number of halogens is 2. The van der Waals surface area contributed by atoms with Crippen LogP contribution in [0, 0.1) is 5.92 Å². The van der Waals surface area contributed by atoms with Crippen molar-refractivity contribution in [2.75, 3.05) is 6.61 Å². The Labute approximate surface area is 118 Å². The van der Waals surface area contributed by atoms with Gasteiger partial charge in [0.2, 0.25) is 0 Å². The van der Waals surface area contributed by atoms with Crippen LogP contribution in [-0.2, 0) is 6.54 Å². The Bertz CT molecular complexity index is 397. The highest BCUT2D eigenvalue weighted by molar-refractivity contribution is 6.42. The molecule has 1 aliphatic rings. The first kappa shape index (κ1) is 14.1. The molecule has 2 unspecified atom stereocenters. The average molecular weight is 288 g/mol. The molecule has 4 heteroatoms. The molecule has 2 rings (SSSR count). The summed E-state index contributed by atoms with van der Waals surface area (Å²) in [5.74, 6) is 0.463. The van der Waals surface area contributed by atoms with E-state index in [9.17, 15) is 5.11 Å². The van der Waals surface area contributed by atoms with E-state index in [0.717, 1.165) is 24.9 Å². The van der Waals surface area contributed by atoms with E-state index in [4.69, 9.17) is 23.2 Å². The van der Waals surface area contributed by atoms with Crippen LogP contribution in [0.1, 0.15) is 31.2 Å². The Morgan fingerprint density at radius 2 is 2.06 bits per heavy atom. The van der Waals surface area contributed by atoms with Crippen molar-refractivity contribution in [2.24, 2.45) is 5.92 Å². The summed E-state index contributed by atoms with van der Waals surface area (Å²) in [4.78, 5) is 0. The number of aliphatic hydroxyl groups excluding tert-OH is 1. The molecule has 2 N–H and O–H groups in total. The van der Waals surface area contributed by atoms with Crippen LogP contribution in [0.2, 0.25) is 10.0 Å². The quantitative estimate of drug-likeness (QED) is 0.886. The highest BCUT2D eigenvalue weighted by Gasteiger charge is 2.20. The lowest BCUT2D eigenvalue weighted by Crippen LogP contribution is -2.34. The molecule has 0 aliphatic heterocycles. The predicted molar refractivity (Wildman–Crippen MR) is 76.1 cm³/mol. The lowest BCUT2D eigenvalue weighted by molar-refractivity contribution is 0.170. The summed E-state index contributed by atoms with van der Waals surface area (Å²) in [6.07, 6.45) is 4.61. The van der Waals surface area contributed by atoms with Gasteiger partial charge in [0.15, 0.2) is 0 Å². The van der Waals surface area contributed by atoms with Crippen molar-refractivity contribution < 1.29 is 5.11 Å². The number of aliphatic hydroxyl groups is 1. The molecule has 0 aromatic heterocycles. The number of benzene rings is 1. The Kier molecular flexibility index (Phi) is 5.31. The molecule has 0 bridgehead atoms. The van der Waals surface area contributed by atoms with Crippen molar-refractivity contribution in [3.63, 3.8) is 0 Å². The van der Waals surface area contributed by atoms with Gasteiger partial charge in [0.1, 0.15) is 0 Å². The molecular formula is C14H19Cl2NO. The third-order valence-corrected chi connectivity index (χ3v) is 4.36. The zero-order valence-corrected chi connectivity index (χ0v) is 11.8. The summed E-state index contributed by atoms with van der Waals surface area (Å²) >= 11 is 11.9. The number of rotatable bonds is 4. The Balaban J connectivity index is 1.85. The fraction of sp³-hybridized carbons (Fsp3) is 0.571. The zero-order valence-electron chi connectivity index (χ0n) is 10.3. The van der Waals surface area contributed by atoms with E-state index in [1.165, 1.54) is 12.8 Å².